The second-order valence-corrected chi connectivity index (χ2v) is 2.81. The third-order valence-corrected chi connectivity index (χ3v) is 1.77. The van der Waals surface area contributed by atoms with E-state index in [9.17, 15) is 4.79 Å². The lowest BCUT2D eigenvalue weighted by atomic mass is 10.1. The molecule has 0 heterocycles. The van der Waals surface area contributed by atoms with Crippen LogP contribution in [-0.4, -0.2) is 6.08 Å². The van der Waals surface area contributed by atoms with Gasteiger partial charge in [-0.1, -0.05) is 29.8 Å². The topological polar surface area (TPSA) is 29.4 Å². The molecule has 0 radical (unpaired) electrons. The number of isocyanates is 1. The first-order valence-corrected chi connectivity index (χ1v) is 3.87. The van der Waals surface area contributed by atoms with Gasteiger partial charge in [-0.15, -0.1) is 0 Å². The molecule has 1 atom stereocenters. The second kappa shape index (κ2) is 3.84. The zero-order valence-corrected chi connectivity index (χ0v) is 7.24. The van der Waals surface area contributed by atoms with Crippen LogP contribution < -0.4 is 0 Å². The van der Waals surface area contributed by atoms with E-state index in [0.29, 0.717) is 0 Å². The Morgan fingerprint density at radius 3 is 2.83 bits per heavy atom. The fourth-order valence-electron chi connectivity index (χ4n) is 1.08. The van der Waals surface area contributed by atoms with Crippen LogP contribution in [0.15, 0.2) is 29.3 Å². The summed E-state index contributed by atoms with van der Waals surface area (Å²) in [4.78, 5) is 13.6. The van der Waals surface area contributed by atoms with Crippen LogP contribution in [0.1, 0.15) is 24.1 Å². The molecule has 2 heteroatoms. The van der Waals surface area contributed by atoms with Gasteiger partial charge < -0.3 is 0 Å². The van der Waals surface area contributed by atoms with Gasteiger partial charge in [-0.3, -0.25) is 0 Å². The Balaban J connectivity index is 2.94. The largest absolute Gasteiger partial charge is 0.235 e. The zero-order valence-electron chi connectivity index (χ0n) is 7.24. The minimum Gasteiger partial charge on any atom is -0.211 e. The number of aliphatic imine (C=N–C) groups is 1. The third-order valence-electron chi connectivity index (χ3n) is 1.77. The summed E-state index contributed by atoms with van der Waals surface area (Å²) in [5.41, 5.74) is 2.23. The van der Waals surface area contributed by atoms with Crippen LogP contribution in [0.4, 0.5) is 0 Å². The van der Waals surface area contributed by atoms with Gasteiger partial charge in [0.2, 0.25) is 6.08 Å². The van der Waals surface area contributed by atoms with Crippen molar-refractivity contribution in [1.29, 1.82) is 0 Å². The molecule has 1 rings (SSSR count). The molecule has 1 unspecified atom stereocenters. The Kier molecular flexibility index (Phi) is 2.78. The highest BCUT2D eigenvalue weighted by atomic mass is 16.1. The van der Waals surface area contributed by atoms with Crippen molar-refractivity contribution >= 4 is 6.08 Å². The minimum atomic E-state index is -0.0811. The Morgan fingerprint density at radius 2 is 2.25 bits per heavy atom. The highest BCUT2D eigenvalue weighted by molar-refractivity contribution is 5.35. The maximum atomic E-state index is 9.98. The van der Waals surface area contributed by atoms with Gasteiger partial charge in [0.05, 0.1) is 6.04 Å². The average molecular weight is 161 g/mol. The van der Waals surface area contributed by atoms with Crippen LogP contribution in [0, 0.1) is 6.92 Å². The van der Waals surface area contributed by atoms with Gasteiger partial charge in [0.15, 0.2) is 0 Å². The molecule has 0 spiro atoms. The Labute approximate surface area is 71.9 Å². The van der Waals surface area contributed by atoms with E-state index < -0.39 is 0 Å². The summed E-state index contributed by atoms with van der Waals surface area (Å²) in [6.07, 6.45) is 1.56. The van der Waals surface area contributed by atoms with Gasteiger partial charge in [0, 0.05) is 0 Å². The van der Waals surface area contributed by atoms with Crippen LogP contribution in [0.5, 0.6) is 0 Å². The molecule has 0 bridgehead atoms. The fourth-order valence-corrected chi connectivity index (χ4v) is 1.08. The van der Waals surface area contributed by atoms with Crippen molar-refractivity contribution < 1.29 is 4.79 Å². The van der Waals surface area contributed by atoms with E-state index in [1.165, 1.54) is 5.56 Å². The molecule has 0 aliphatic carbocycles. The Morgan fingerprint density at radius 1 is 1.50 bits per heavy atom. The van der Waals surface area contributed by atoms with E-state index >= 15 is 0 Å². The third kappa shape index (κ3) is 2.04. The molecule has 12 heavy (non-hydrogen) atoms. The van der Waals surface area contributed by atoms with Crippen LogP contribution in [0.2, 0.25) is 0 Å². The molecule has 0 aliphatic heterocycles. The Bertz CT molecular complexity index is 313. The number of aryl methyl sites for hydroxylation is 1. The molecule has 0 amide bonds. The van der Waals surface area contributed by atoms with Crippen molar-refractivity contribution in [2.45, 2.75) is 19.9 Å². The normalized spacial score (nSPS) is 11.8. The summed E-state index contributed by atoms with van der Waals surface area (Å²) in [6, 6.07) is 7.87. The first-order chi connectivity index (χ1) is 5.74. The molecular weight excluding hydrogens is 150 g/mol. The lowest BCUT2D eigenvalue weighted by molar-refractivity contribution is 0.559. The van der Waals surface area contributed by atoms with Gasteiger partial charge in [-0.25, -0.2) is 4.79 Å². The quantitative estimate of drug-likeness (QED) is 0.483. The number of benzene rings is 1. The van der Waals surface area contributed by atoms with Crippen molar-refractivity contribution in [3.05, 3.63) is 35.4 Å². The maximum absolute atomic E-state index is 9.98. The second-order valence-electron chi connectivity index (χ2n) is 2.81. The lowest BCUT2D eigenvalue weighted by Gasteiger charge is -2.04. The van der Waals surface area contributed by atoms with Crippen LogP contribution in [0.3, 0.4) is 0 Å². The summed E-state index contributed by atoms with van der Waals surface area (Å²) >= 11 is 0. The molecule has 0 saturated heterocycles. The van der Waals surface area contributed by atoms with Gasteiger partial charge in [0.25, 0.3) is 0 Å². The first kappa shape index (κ1) is 8.69. The number of rotatable bonds is 2. The molecular formula is C10H11NO. The maximum Gasteiger partial charge on any atom is 0.235 e. The van der Waals surface area contributed by atoms with Crippen molar-refractivity contribution in [1.82, 2.24) is 0 Å². The minimum absolute atomic E-state index is 0.0811. The summed E-state index contributed by atoms with van der Waals surface area (Å²) in [5.74, 6) is 0. The van der Waals surface area contributed by atoms with Crippen LogP contribution in [-0.2, 0) is 4.79 Å². The lowest BCUT2D eigenvalue weighted by Crippen LogP contribution is -1.88. The number of nitrogens with zero attached hydrogens (tertiary/aromatic N) is 1. The molecule has 2 nitrogen and oxygen atoms in total. The first-order valence-electron chi connectivity index (χ1n) is 3.87. The molecule has 0 saturated carbocycles. The van der Waals surface area contributed by atoms with Crippen molar-refractivity contribution in [3.63, 3.8) is 0 Å². The number of hydrogen-bond donors (Lipinski definition) is 0. The van der Waals surface area contributed by atoms with E-state index in [4.69, 9.17) is 0 Å². The average Bonchev–Trinajstić information content (AvgIpc) is 2.05. The zero-order chi connectivity index (χ0) is 8.97. The summed E-state index contributed by atoms with van der Waals surface area (Å²) in [5, 5.41) is 0. The molecule has 0 aromatic heterocycles. The van der Waals surface area contributed by atoms with Gasteiger partial charge in [-0.05, 0) is 19.4 Å². The monoisotopic (exact) mass is 161 g/mol. The highest BCUT2D eigenvalue weighted by Crippen LogP contribution is 2.16. The predicted molar refractivity (Wildman–Crippen MR) is 47.7 cm³/mol. The van der Waals surface area contributed by atoms with Crippen molar-refractivity contribution in [2.75, 3.05) is 0 Å². The van der Waals surface area contributed by atoms with Crippen molar-refractivity contribution in [2.24, 2.45) is 4.99 Å². The van der Waals surface area contributed by atoms with E-state index in [2.05, 4.69) is 4.99 Å². The smallest absolute Gasteiger partial charge is 0.211 e. The van der Waals surface area contributed by atoms with Crippen LogP contribution >= 0.6 is 0 Å². The van der Waals surface area contributed by atoms with Gasteiger partial charge >= 0.3 is 0 Å². The Hall–Kier alpha value is -1.40. The van der Waals surface area contributed by atoms with E-state index in [-0.39, 0.29) is 6.04 Å². The summed E-state index contributed by atoms with van der Waals surface area (Å²) < 4.78 is 0. The molecule has 1 aromatic carbocycles. The molecule has 0 N–H and O–H groups in total. The predicted octanol–water partition coefficient (Wildman–Crippen LogP) is 2.39. The fraction of sp³-hybridized carbons (Fsp3) is 0.300. The van der Waals surface area contributed by atoms with E-state index in [1.807, 2.05) is 38.1 Å². The van der Waals surface area contributed by atoms with Gasteiger partial charge in [-0.2, -0.15) is 4.99 Å². The van der Waals surface area contributed by atoms with Crippen LogP contribution in [0.25, 0.3) is 0 Å². The molecule has 62 valence electrons. The standard InChI is InChI=1S/C10H11NO/c1-8-4-3-5-10(6-8)9(2)11-7-12/h3-6,9H,1-2H3. The van der Waals surface area contributed by atoms with E-state index in [0.717, 1.165) is 5.56 Å². The number of carbonyl (C=O) groups excluding carboxylic acids is 1. The SMILES string of the molecule is Cc1cccc(C(C)N=C=O)c1. The number of hydrogen-bond acceptors (Lipinski definition) is 2. The highest BCUT2D eigenvalue weighted by Gasteiger charge is 2.01. The summed E-state index contributed by atoms with van der Waals surface area (Å²) in [6.45, 7) is 3.89. The van der Waals surface area contributed by atoms with Gasteiger partial charge in [0.1, 0.15) is 0 Å². The summed E-state index contributed by atoms with van der Waals surface area (Å²) in [7, 11) is 0. The van der Waals surface area contributed by atoms with Crippen molar-refractivity contribution in [3.8, 4) is 0 Å². The van der Waals surface area contributed by atoms with E-state index in [1.54, 1.807) is 6.08 Å². The molecule has 0 fully saturated rings. The molecule has 1 aromatic rings. The molecule has 0 aliphatic rings.